The van der Waals surface area contributed by atoms with Gasteiger partial charge in [0.2, 0.25) is 0 Å². The molecular formula is C18H31N5O2S. The van der Waals surface area contributed by atoms with E-state index in [-0.39, 0.29) is 12.1 Å². The normalized spacial score (nSPS) is 18.6. The summed E-state index contributed by atoms with van der Waals surface area (Å²) in [5.74, 6) is 0.759. The number of ether oxygens (including phenoxy) is 1. The van der Waals surface area contributed by atoms with Gasteiger partial charge < -0.3 is 20.3 Å². The quantitative estimate of drug-likeness (QED) is 0.619. The summed E-state index contributed by atoms with van der Waals surface area (Å²) in [4.78, 5) is 23.9. The van der Waals surface area contributed by atoms with Crippen LogP contribution in [-0.4, -0.2) is 60.3 Å². The van der Waals surface area contributed by atoms with Crippen molar-refractivity contribution in [2.75, 3.05) is 26.7 Å². The number of aromatic nitrogens is 1. The number of nitrogens with one attached hydrogen (secondary N) is 2. The number of piperidine rings is 1. The van der Waals surface area contributed by atoms with Gasteiger partial charge in [-0.3, -0.25) is 4.99 Å². The molecule has 2 heterocycles. The molecule has 1 amide bonds. The second-order valence-electron chi connectivity index (χ2n) is 7.52. The number of thiazole rings is 1. The molecule has 1 aliphatic heterocycles. The fraction of sp³-hybridized carbons (Fsp3) is 0.722. The predicted octanol–water partition coefficient (Wildman–Crippen LogP) is 2.56. The molecule has 146 valence electrons. The van der Waals surface area contributed by atoms with Crippen LogP contribution in [0.1, 0.15) is 43.5 Å². The lowest BCUT2D eigenvalue weighted by Gasteiger charge is -2.35. The molecular weight excluding hydrogens is 350 g/mol. The molecule has 2 N–H and O–H groups in total. The molecule has 2 rings (SSSR count). The minimum Gasteiger partial charge on any atom is -0.444 e. The first-order valence-electron chi connectivity index (χ1n) is 9.13. The molecule has 1 aromatic heterocycles. The molecule has 0 radical (unpaired) electrons. The van der Waals surface area contributed by atoms with Crippen molar-refractivity contribution < 1.29 is 9.53 Å². The van der Waals surface area contributed by atoms with Gasteiger partial charge >= 0.3 is 6.09 Å². The van der Waals surface area contributed by atoms with Gasteiger partial charge in [0.1, 0.15) is 5.60 Å². The number of guanidine groups is 1. The molecule has 0 aromatic carbocycles. The van der Waals surface area contributed by atoms with Gasteiger partial charge in [0.25, 0.3) is 0 Å². The molecule has 1 unspecified atom stereocenters. The topological polar surface area (TPSA) is 78.9 Å². The molecule has 0 spiro atoms. The second-order valence-corrected chi connectivity index (χ2v) is 8.84. The number of amides is 1. The summed E-state index contributed by atoms with van der Waals surface area (Å²) in [7, 11) is 1.76. The fourth-order valence-electron chi connectivity index (χ4n) is 2.78. The summed E-state index contributed by atoms with van der Waals surface area (Å²) >= 11 is 1.72. The minimum absolute atomic E-state index is 0.171. The van der Waals surface area contributed by atoms with E-state index >= 15 is 0 Å². The van der Waals surface area contributed by atoms with Crippen LogP contribution in [-0.2, 0) is 11.2 Å². The van der Waals surface area contributed by atoms with Crippen molar-refractivity contribution in [2.45, 2.75) is 58.6 Å². The van der Waals surface area contributed by atoms with Crippen LogP contribution >= 0.6 is 11.3 Å². The Balaban J connectivity index is 1.78. The van der Waals surface area contributed by atoms with Crippen LogP contribution < -0.4 is 10.6 Å². The zero-order valence-corrected chi connectivity index (χ0v) is 17.3. The van der Waals surface area contributed by atoms with Crippen molar-refractivity contribution in [3.05, 3.63) is 16.1 Å². The van der Waals surface area contributed by atoms with Crippen molar-refractivity contribution in [1.82, 2.24) is 20.5 Å². The largest absolute Gasteiger partial charge is 0.444 e. The summed E-state index contributed by atoms with van der Waals surface area (Å²) in [6.07, 6.45) is 4.48. The lowest BCUT2D eigenvalue weighted by Crippen LogP contribution is -2.53. The van der Waals surface area contributed by atoms with Crippen molar-refractivity contribution in [2.24, 2.45) is 4.99 Å². The minimum atomic E-state index is -0.469. The first-order chi connectivity index (χ1) is 12.3. The first kappa shape index (κ1) is 20.5. The molecule has 1 saturated heterocycles. The smallest absolute Gasteiger partial charge is 0.410 e. The number of likely N-dealkylation sites (tertiary alicyclic amines) is 1. The first-order valence-corrected chi connectivity index (χ1v) is 9.95. The van der Waals surface area contributed by atoms with Crippen LogP contribution in [0.5, 0.6) is 0 Å². The molecule has 7 nitrogen and oxygen atoms in total. The Labute approximate surface area is 160 Å². The monoisotopic (exact) mass is 381 g/mol. The third-order valence-corrected chi connectivity index (χ3v) is 4.91. The third kappa shape index (κ3) is 6.82. The maximum absolute atomic E-state index is 12.3. The van der Waals surface area contributed by atoms with Crippen LogP contribution in [0.15, 0.2) is 11.2 Å². The van der Waals surface area contributed by atoms with E-state index in [1.54, 1.807) is 23.3 Å². The number of rotatable bonds is 4. The van der Waals surface area contributed by atoms with E-state index in [2.05, 4.69) is 27.5 Å². The Bertz CT molecular complexity index is 623. The predicted molar refractivity (Wildman–Crippen MR) is 106 cm³/mol. The maximum atomic E-state index is 12.3. The zero-order valence-electron chi connectivity index (χ0n) is 16.5. The standard InChI is InChI=1S/C18H31N5O2S/c1-13-11-21-15(26-13)8-9-20-16(19-5)22-14-7-6-10-23(12-14)17(24)25-18(2,3)4/h11,14H,6-10,12H2,1-5H3,(H2,19,20,22). The summed E-state index contributed by atoms with van der Waals surface area (Å²) < 4.78 is 5.48. The van der Waals surface area contributed by atoms with Gasteiger partial charge in [0.05, 0.1) is 5.01 Å². The van der Waals surface area contributed by atoms with Crippen LogP contribution in [0.3, 0.4) is 0 Å². The van der Waals surface area contributed by atoms with E-state index in [4.69, 9.17) is 4.74 Å². The van der Waals surface area contributed by atoms with Crippen LogP contribution in [0.2, 0.25) is 0 Å². The highest BCUT2D eigenvalue weighted by Crippen LogP contribution is 2.15. The zero-order chi connectivity index (χ0) is 19.2. The van der Waals surface area contributed by atoms with E-state index in [0.29, 0.717) is 6.54 Å². The Hall–Kier alpha value is -1.83. The molecule has 1 fully saturated rings. The number of carbonyl (C=O) groups is 1. The molecule has 26 heavy (non-hydrogen) atoms. The summed E-state index contributed by atoms with van der Waals surface area (Å²) in [5.41, 5.74) is -0.469. The number of carbonyl (C=O) groups excluding carboxylic acids is 1. The Morgan fingerprint density at radius 1 is 1.50 bits per heavy atom. The van der Waals surface area contributed by atoms with Gasteiger partial charge in [-0.25, -0.2) is 9.78 Å². The molecule has 1 atom stereocenters. The number of nitrogens with zero attached hydrogens (tertiary/aromatic N) is 3. The van der Waals surface area contributed by atoms with Gasteiger partial charge in [0.15, 0.2) is 5.96 Å². The average molecular weight is 382 g/mol. The summed E-state index contributed by atoms with van der Waals surface area (Å²) in [6, 6.07) is 0.171. The summed E-state index contributed by atoms with van der Waals surface area (Å²) in [6.45, 7) is 9.87. The van der Waals surface area contributed by atoms with E-state index in [9.17, 15) is 4.79 Å². The van der Waals surface area contributed by atoms with E-state index in [1.165, 1.54) is 4.88 Å². The maximum Gasteiger partial charge on any atom is 0.410 e. The number of hydrogen-bond acceptors (Lipinski definition) is 5. The van der Waals surface area contributed by atoms with Gasteiger partial charge in [-0.2, -0.15) is 0 Å². The van der Waals surface area contributed by atoms with E-state index in [1.807, 2.05) is 27.0 Å². The fourth-order valence-corrected chi connectivity index (χ4v) is 3.57. The highest BCUT2D eigenvalue weighted by atomic mass is 32.1. The molecule has 0 bridgehead atoms. The van der Waals surface area contributed by atoms with Crippen LogP contribution in [0, 0.1) is 6.92 Å². The van der Waals surface area contributed by atoms with E-state index in [0.717, 1.165) is 43.3 Å². The second kappa shape index (κ2) is 9.21. The highest BCUT2D eigenvalue weighted by Gasteiger charge is 2.27. The van der Waals surface area contributed by atoms with Crippen molar-refractivity contribution >= 4 is 23.4 Å². The van der Waals surface area contributed by atoms with Crippen LogP contribution in [0.4, 0.5) is 4.79 Å². The molecule has 1 aromatic rings. The van der Waals surface area contributed by atoms with Crippen molar-refractivity contribution in [3.8, 4) is 0 Å². The van der Waals surface area contributed by atoms with Crippen molar-refractivity contribution in [3.63, 3.8) is 0 Å². The lowest BCUT2D eigenvalue weighted by atomic mass is 10.1. The van der Waals surface area contributed by atoms with E-state index < -0.39 is 5.60 Å². The SMILES string of the molecule is CN=C(NCCc1ncc(C)s1)NC1CCCN(C(=O)OC(C)(C)C)C1. The highest BCUT2D eigenvalue weighted by molar-refractivity contribution is 7.11. The third-order valence-electron chi connectivity index (χ3n) is 3.94. The van der Waals surface area contributed by atoms with Crippen molar-refractivity contribution in [1.29, 1.82) is 0 Å². The molecule has 0 saturated carbocycles. The van der Waals surface area contributed by atoms with Gasteiger partial charge in [-0.05, 0) is 40.5 Å². The van der Waals surface area contributed by atoms with Crippen LogP contribution in [0.25, 0.3) is 0 Å². The Morgan fingerprint density at radius 3 is 2.88 bits per heavy atom. The molecule has 8 heteroatoms. The molecule has 1 aliphatic rings. The molecule has 0 aliphatic carbocycles. The van der Waals surface area contributed by atoms with Gasteiger partial charge in [0, 0.05) is 50.2 Å². The number of hydrogen-bond donors (Lipinski definition) is 2. The lowest BCUT2D eigenvalue weighted by molar-refractivity contribution is 0.0193. The number of aliphatic imine (C=N–C) groups is 1. The van der Waals surface area contributed by atoms with Gasteiger partial charge in [-0.15, -0.1) is 11.3 Å². The van der Waals surface area contributed by atoms with Gasteiger partial charge in [-0.1, -0.05) is 0 Å². The Morgan fingerprint density at radius 2 is 2.27 bits per heavy atom. The summed E-state index contributed by atoms with van der Waals surface area (Å²) in [5, 5.41) is 7.87. The average Bonchev–Trinajstić information content (AvgIpc) is 2.98. The Kier molecular flexibility index (Phi) is 7.25. The number of aryl methyl sites for hydroxylation is 1.